The van der Waals surface area contributed by atoms with Crippen LogP contribution < -0.4 is 16.0 Å². The van der Waals surface area contributed by atoms with Crippen molar-refractivity contribution in [3.63, 3.8) is 0 Å². The van der Waals surface area contributed by atoms with Crippen LogP contribution in [0.3, 0.4) is 0 Å². The average molecular weight is 486 g/mol. The van der Waals surface area contributed by atoms with E-state index in [9.17, 15) is 19.2 Å². The Morgan fingerprint density at radius 2 is 1.36 bits per heavy atom. The van der Waals surface area contributed by atoms with Gasteiger partial charge in [0, 0.05) is 0 Å². The fraction of sp³-hybridized carbons (Fsp3) is 0.840. The van der Waals surface area contributed by atoms with Gasteiger partial charge in [-0.15, -0.1) is 0 Å². The first kappa shape index (κ1) is 31.6. The van der Waals surface area contributed by atoms with E-state index in [1.807, 2.05) is 27.7 Å². The summed E-state index contributed by atoms with van der Waals surface area (Å²) in [6.45, 7) is 10.7. The Hall–Kier alpha value is -1.41. The van der Waals surface area contributed by atoms with E-state index in [4.69, 9.17) is 0 Å². The molecule has 0 aliphatic carbocycles. The molecule has 0 aromatic rings. The molecule has 0 rings (SSSR count). The lowest BCUT2D eigenvalue weighted by atomic mass is 9.95. The number of Topliss-reactive ketones (excluding diaryl/α,β-unsaturated/α-hetero) is 1. The number of imide groups is 1. The maximum Gasteiger partial charge on any atom is 0.249 e. The first-order chi connectivity index (χ1) is 15.7. The van der Waals surface area contributed by atoms with Crippen LogP contribution in [0.1, 0.15) is 98.8 Å². The average Bonchev–Trinajstić information content (AvgIpc) is 2.77. The van der Waals surface area contributed by atoms with Crippen LogP contribution in [0.4, 0.5) is 0 Å². The van der Waals surface area contributed by atoms with Crippen molar-refractivity contribution in [1.29, 1.82) is 0 Å². The summed E-state index contributed by atoms with van der Waals surface area (Å²) in [5.41, 5.74) is 0. The number of likely N-dealkylation sites (N-methyl/N-ethyl adjacent to an activating group) is 1. The van der Waals surface area contributed by atoms with Crippen molar-refractivity contribution < 1.29 is 19.2 Å². The van der Waals surface area contributed by atoms with Gasteiger partial charge in [-0.2, -0.15) is 12.6 Å². The molecule has 0 spiro atoms. The summed E-state index contributed by atoms with van der Waals surface area (Å²) in [5.74, 6) is -2.13. The van der Waals surface area contributed by atoms with Gasteiger partial charge in [-0.05, 0) is 31.7 Å². The first-order valence-corrected chi connectivity index (χ1v) is 13.4. The second kappa shape index (κ2) is 19.0. The van der Waals surface area contributed by atoms with E-state index in [1.165, 1.54) is 0 Å². The van der Waals surface area contributed by atoms with Crippen LogP contribution >= 0.6 is 12.6 Å². The molecule has 0 radical (unpaired) electrons. The molecule has 0 fully saturated rings. The number of amides is 3. The summed E-state index contributed by atoms with van der Waals surface area (Å²) in [6.07, 6.45) is 8.11. The third-order valence-corrected chi connectivity index (χ3v) is 5.97. The normalized spacial score (nSPS) is 13.9. The lowest BCUT2D eigenvalue weighted by Gasteiger charge is -2.23. The van der Waals surface area contributed by atoms with Crippen LogP contribution in [-0.2, 0) is 19.2 Å². The lowest BCUT2D eigenvalue weighted by Crippen LogP contribution is -2.54. The van der Waals surface area contributed by atoms with Gasteiger partial charge in [-0.3, -0.25) is 24.5 Å². The largest absolute Gasteiger partial charge is 0.344 e. The quantitative estimate of drug-likeness (QED) is 0.127. The fourth-order valence-corrected chi connectivity index (χ4v) is 3.97. The Morgan fingerprint density at radius 1 is 0.758 bits per heavy atom. The minimum Gasteiger partial charge on any atom is -0.344 e. The molecule has 7 nitrogen and oxygen atoms in total. The molecule has 0 heterocycles. The molecular weight excluding hydrogens is 438 g/mol. The van der Waals surface area contributed by atoms with Gasteiger partial charge in [0.1, 0.15) is 6.04 Å². The smallest absolute Gasteiger partial charge is 0.249 e. The number of hydrogen-bond donors (Lipinski definition) is 4. The van der Waals surface area contributed by atoms with Gasteiger partial charge >= 0.3 is 0 Å². The summed E-state index contributed by atoms with van der Waals surface area (Å²) >= 11 is 4.07. The molecule has 2 unspecified atom stereocenters. The Bertz CT molecular complexity index is 598. The summed E-state index contributed by atoms with van der Waals surface area (Å²) in [4.78, 5) is 50.9. The van der Waals surface area contributed by atoms with Gasteiger partial charge in [-0.25, -0.2) is 0 Å². The van der Waals surface area contributed by atoms with Crippen molar-refractivity contribution in [3.8, 4) is 0 Å². The van der Waals surface area contributed by atoms with E-state index < -0.39 is 29.8 Å². The standard InChI is InChI=1S/C25H47N3O4S/c1-6-9-11-12-13-14-19(22(29)17-33)23(30)27-20(15-10-7-2)24(31)28-25(32)21(26-8-3)16-18(4)5/h18-21,26,33H,6-17H2,1-5H3,(H,27,30)(H,28,31,32)/t19?,20-,21?/m0/s1. The number of rotatable bonds is 19. The fourth-order valence-electron chi connectivity index (χ4n) is 3.75. The van der Waals surface area contributed by atoms with Gasteiger partial charge in [0.2, 0.25) is 17.7 Å². The van der Waals surface area contributed by atoms with Crippen LogP contribution in [0.15, 0.2) is 0 Å². The number of carbonyl (C=O) groups excluding carboxylic acids is 4. The molecule has 33 heavy (non-hydrogen) atoms. The number of thiol groups is 1. The van der Waals surface area contributed by atoms with Crippen molar-refractivity contribution in [2.75, 3.05) is 12.3 Å². The van der Waals surface area contributed by atoms with Crippen LogP contribution in [0.2, 0.25) is 0 Å². The second-order valence-electron chi connectivity index (χ2n) is 9.18. The highest BCUT2D eigenvalue weighted by Gasteiger charge is 2.30. The van der Waals surface area contributed by atoms with Crippen molar-refractivity contribution in [3.05, 3.63) is 0 Å². The predicted molar refractivity (Wildman–Crippen MR) is 137 cm³/mol. The zero-order valence-electron chi connectivity index (χ0n) is 21.4. The van der Waals surface area contributed by atoms with Gasteiger partial charge in [0.25, 0.3) is 0 Å². The molecule has 0 aromatic carbocycles. The molecule has 0 bridgehead atoms. The summed E-state index contributed by atoms with van der Waals surface area (Å²) in [7, 11) is 0. The van der Waals surface area contributed by atoms with E-state index in [1.54, 1.807) is 0 Å². The molecule has 3 N–H and O–H groups in total. The van der Waals surface area contributed by atoms with Crippen LogP contribution in [0.5, 0.6) is 0 Å². The van der Waals surface area contributed by atoms with Crippen molar-refractivity contribution in [2.45, 2.75) is 111 Å². The molecular formula is C25H47N3O4S. The third-order valence-electron chi connectivity index (χ3n) is 5.66. The SMILES string of the molecule is CCCCCCCC(C(=O)CS)C(=O)N[C@@H](CCCC)C(=O)NC(=O)C(CC(C)C)NCC. The molecule has 3 amide bonds. The summed E-state index contributed by atoms with van der Waals surface area (Å²) in [6, 6.07) is -1.32. The zero-order valence-corrected chi connectivity index (χ0v) is 22.3. The van der Waals surface area contributed by atoms with Crippen molar-refractivity contribution >= 4 is 36.1 Å². The van der Waals surface area contributed by atoms with E-state index in [-0.39, 0.29) is 23.4 Å². The third kappa shape index (κ3) is 13.8. The number of unbranched alkanes of at least 4 members (excludes halogenated alkanes) is 5. The first-order valence-electron chi connectivity index (χ1n) is 12.7. The molecule has 0 saturated heterocycles. The van der Waals surface area contributed by atoms with Gasteiger partial charge in [0.05, 0.1) is 17.7 Å². The number of carbonyl (C=O) groups is 4. The highest BCUT2D eigenvalue weighted by Crippen LogP contribution is 2.15. The van der Waals surface area contributed by atoms with E-state index in [2.05, 4.69) is 35.5 Å². The number of hydrogen-bond acceptors (Lipinski definition) is 6. The highest BCUT2D eigenvalue weighted by atomic mass is 32.1. The predicted octanol–water partition coefficient (Wildman–Crippen LogP) is 3.80. The summed E-state index contributed by atoms with van der Waals surface area (Å²) in [5, 5.41) is 8.35. The minimum atomic E-state index is -0.849. The van der Waals surface area contributed by atoms with Crippen molar-refractivity contribution in [2.24, 2.45) is 11.8 Å². The second-order valence-corrected chi connectivity index (χ2v) is 9.49. The molecule has 0 aliphatic heterocycles. The Balaban J connectivity index is 5.22. The van der Waals surface area contributed by atoms with Crippen LogP contribution in [0, 0.1) is 11.8 Å². The zero-order chi connectivity index (χ0) is 25.2. The molecule has 0 saturated carbocycles. The van der Waals surface area contributed by atoms with E-state index in [0.29, 0.717) is 25.8 Å². The van der Waals surface area contributed by atoms with Crippen LogP contribution in [-0.4, -0.2) is 47.9 Å². The van der Waals surface area contributed by atoms with Gasteiger partial charge in [0.15, 0.2) is 5.78 Å². The Kier molecular flexibility index (Phi) is 18.1. The Morgan fingerprint density at radius 3 is 1.91 bits per heavy atom. The molecule has 0 aliphatic rings. The number of nitrogens with one attached hydrogen (secondary N) is 3. The topological polar surface area (TPSA) is 104 Å². The molecule has 3 atom stereocenters. The van der Waals surface area contributed by atoms with Gasteiger partial charge < -0.3 is 10.6 Å². The van der Waals surface area contributed by atoms with Gasteiger partial charge in [-0.1, -0.05) is 79.6 Å². The molecule has 0 aromatic heterocycles. The molecule has 8 heteroatoms. The van der Waals surface area contributed by atoms with Crippen molar-refractivity contribution in [1.82, 2.24) is 16.0 Å². The maximum atomic E-state index is 13.0. The maximum absolute atomic E-state index is 13.0. The van der Waals surface area contributed by atoms with E-state index >= 15 is 0 Å². The lowest BCUT2D eigenvalue weighted by molar-refractivity contribution is -0.138. The monoisotopic (exact) mass is 485 g/mol. The van der Waals surface area contributed by atoms with Crippen LogP contribution in [0.25, 0.3) is 0 Å². The number of ketones is 1. The summed E-state index contributed by atoms with van der Waals surface area (Å²) < 4.78 is 0. The minimum absolute atomic E-state index is 0.0169. The Labute approximate surface area is 206 Å². The highest BCUT2D eigenvalue weighted by molar-refractivity contribution is 7.81. The van der Waals surface area contributed by atoms with E-state index in [0.717, 1.165) is 44.9 Å². The molecule has 192 valence electrons.